The van der Waals surface area contributed by atoms with E-state index < -0.39 is 21.8 Å². The minimum absolute atomic E-state index is 0.0167. The van der Waals surface area contributed by atoms with Gasteiger partial charge < -0.3 is 9.47 Å². The van der Waals surface area contributed by atoms with Crippen LogP contribution in [-0.2, 0) is 30.7 Å². The van der Waals surface area contributed by atoms with Crippen molar-refractivity contribution in [1.29, 1.82) is 0 Å². The molecule has 1 atom stereocenters. The predicted octanol–water partition coefficient (Wildman–Crippen LogP) is 2.20. The van der Waals surface area contributed by atoms with Gasteiger partial charge in [0.15, 0.2) is 9.84 Å². The van der Waals surface area contributed by atoms with E-state index in [1.807, 2.05) is 24.3 Å². The highest BCUT2D eigenvalue weighted by molar-refractivity contribution is 7.91. The highest BCUT2D eigenvalue weighted by Gasteiger charge is 2.30. The molecule has 1 saturated heterocycles. The van der Waals surface area contributed by atoms with Gasteiger partial charge in [0, 0.05) is 11.8 Å². The van der Waals surface area contributed by atoms with Gasteiger partial charge in [-0.1, -0.05) is 18.2 Å². The lowest BCUT2D eigenvalue weighted by molar-refractivity contribution is -0.146. The summed E-state index contributed by atoms with van der Waals surface area (Å²) in [4.78, 5) is 28.8. The fourth-order valence-electron chi connectivity index (χ4n) is 3.39. The van der Waals surface area contributed by atoms with E-state index in [0.29, 0.717) is 23.2 Å². The number of para-hydroxylation sites is 1. The van der Waals surface area contributed by atoms with Crippen molar-refractivity contribution in [1.82, 2.24) is 4.98 Å². The van der Waals surface area contributed by atoms with Crippen molar-refractivity contribution in [3.05, 3.63) is 41.1 Å². The Labute approximate surface area is 157 Å². The summed E-state index contributed by atoms with van der Waals surface area (Å²) >= 11 is 0. The number of ether oxygens (including phenoxy) is 2. The van der Waals surface area contributed by atoms with E-state index in [4.69, 9.17) is 9.47 Å². The third-order valence-electron chi connectivity index (χ3n) is 4.77. The molecule has 0 radical (unpaired) electrons. The SMILES string of the molecule is COC(=O)c1c(COC(=O)C[C@H]2CCS(=O)(=O)C2)nc2ccccc2c1C. The molecule has 2 heterocycles. The zero-order valence-corrected chi connectivity index (χ0v) is 16.0. The van der Waals surface area contributed by atoms with Gasteiger partial charge in [0.25, 0.3) is 0 Å². The minimum atomic E-state index is -3.04. The number of hydrogen-bond donors (Lipinski definition) is 0. The largest absolute Gasteiger partial charge is 0.465 e. The van der Waals surface area contributed by atoms with Crippen molar-refractivity contribution in [2.45, 2.75) is 26.4 Å². The van der Waals surface area contributed by atoms with Crippen molar-refractivity contribution in [3.63, 3.8) is 0 Å². The van der Waals surface area contributed by atoms with Gasteiger partial charge in [0.1, 0.15) is 6.61 Å². The number of esters is 2. The molecule has 3 rings (SSSR count). The quantitative estimate of drug-likeness (QED) is 0.720. The molecule has 1 fully saturated rings. The van der Waals surface area contributed by atoms with Gasteiger partial charge in [-0.15, -0.1) is 0 Å². The Morgan fingerprint density at radius 2 is 2.00 bits per heavy atom. The lowest BCUT2D eigenvalue weighted by Gasteiger charge is -2.14. The monoisotopic (exact) mass is 391 g/mol. The van der Waals surface area contributed by atoms with Crippen molar-refractivity contribution in [2.75, 3.05) is 18.6 Å². The number of pyridine rings is 1. The van der Waals surface area contributed by atoms with Crippen LogP contribution in [0, 0.1) is 12.8 Å². The Kier molecular flexibility index (Phi) is 5.46. The number of carbonyl (C=O) groups excluding carboxylic acids is 2. The summed E-state index contributed by atoms with van der Waals surface area (Å²) in [5, 5.41) is 0.823. The minimum Gasteiger partial charge on any atom is -0.465 e. The number of rotatable bonds is 5. The summed E-state index contributed by atoms with van der Waals surface area (Å²) in [6.07, 6.45) is 0.511. The Balaban J connectivity index is 1.79. The van der Waals surface area contributed by atoms with Gasteiger partial charge >= 0.3 is 11.9 Å². The number of hydrogen-bond acceptors (Lipinski definition) is 7. The average Bonchev–Trinajstić information content (AvgIpc) is 2.98. The van der Waals surface area contributed by atoms with Crippen LogP contribution in [0.25, 0.3) is 10.9 Å². The van der Waals surface area contributed by atoms with E-state index >= 15 is 0 Å². The van der Waals surface area contributed by atoms with E-state index in [1.54, 1.807) is 6.92 Å². The third-order valence-corrected chi connectivity index (χ3v) is 6.61. The molecule has 0 amide bonds. The van der Waals surface area contributed by atoms with Crippen LogP contribution >= 0.6 is 0 Å². The molecule has 27 heavy (non-hydrogen) atoms. The van der Waals surface area contributed by atoms with Crippen LogP contribution in [0.15, 0.2) is 24.3 Å². The normalized spacial score (nSPS) is 18.4. The number of aromatic nitrogens is 1. The molecular formula is C19H21NO6S. The second-order valence-corrected chi connectivity index (χ2v) is 8.93. The van der Waals surface area contributed by atoms with Gasteiger partial charge in [0.05, 0.1) is 35.4 Å². The number of benzene rings is 1. The molecule has 0 bridgehead atoms. The standard InChI is InChI=1S/C19H21NO6S/c1-12-14-5-3-4-6-15(14)20-16(18(12)19(22)25-2)10-26-17(21)9-13-7-8-27(23,24)11-13/h3-6,13H,7-11H2,1-2H3/t13-/m1/s1. The van der Waals surface area contributed by atoms with Gasteiger partial charge in [-0.3, -0.25) is 4.79 Å². The second kappa shape index (κ2) is 7.64. The van der Waals surface area contributed by atoms with Gasteiger partial charge in [-0.2, -0.15) is 0 Å². The Bertz CT molecular complexity index is 999. The lowest BCUT2D eigenvalue weighted by Crippen LogP contribution is -2.16. The summed E-state index contributed by atoms with van der Waals surface area (Å²) in [6.45, 7) is 1.62. The summed E-state index contributed by atoms with van der Waals surface area (Å²) in [5.74, 6) is -1.13. The molecule has 0 spiro atoms. The molecule has 1 aliphatic heterocycles. The fraction of sp³-hybridized carbons (Fsp3) is 0.421. The summed E-state index contributed by atoms with van der Waals surface area (Å²) < 4.78 is 33.2. The maximum absolute atomic E-state index is 12.2. The molecule has 1 aliphatic rings. The highest BCUT2D eigenvalue weighted by Crippen LogP contribution is 2.25. The van der Waals surface area contributed by atoms with Crippen LogP contribution in [0.4, 0.5) is 0 Å². The summed E-state index contributed by atoms with van der Waals surface area (Å²) in [5.41, 5.74) is 2.01. The Hall–Kier alpha value is -2.48. The number of nitrogens with zero attached hydrogens (tertiary/aromatic N) is 1. The van der Waals surface area contributed by atoms with E-state index in [2.05, 4.69) is 4.98 Å². The lowest BCUT2D eigenvalue weighted by atomic mass is 10.0. The van der Waals surface area contributed by atoms with Crippen LogP contribution in [-0.4, -0.2) is 44.0 Å². The molecule has 144 valence electrons. The van der Waals surface area contributed by atoms with Crippen molar-refractivity contribution in [3.8, 4) is 0 Å². The van der Waals surface area contributed by atoms with Gasteiger partial charge in [-0.25, -0.2) is 18.2 Å². The van der Waals surface area contributed by atoms with Gasteiger partial charge in [-0.05, 0) is 30.9 Å². The molecule has 0 saturated carbocycles. The number of carbonyl (C=O) groups is 2. The second-order valence-electron chi connectivity index (χ2n) is 6.70. The first-order chi connectivity index (χ1) is 12.8. The number of fused-ring (bicyclic) bond motifs is 1. The predicted molar refractivity (Wildman–Crippen MR) is 99.0 cm³/mol. The van der Waals surface area contributed by atoms with Crippen LogP contribution in [0.2, 0.25) is 0 Å². The highest BCUT2D eigenvalue weighted by atomic mass is 32.2. The summed E-state index contributed by atoms with van der Waals surface area (Å²) in [7, 11) is -1.76. The molecule has 1 aromatic carbocycles. The molecule has 2 aromatic rings. The third kappa shape index (κ3) is 4.27. The maximum atomic E-state index is 12.2. The van der Waals surface area contributed by atoms with E-state index in [-0.39, 0.29) is 36.0 Å². The first kappa shape index (κ1) is 19.3. The van der Waals surface area contributed by atoms with Crippen LogP contribution in [0.3, 0.4) is 0 Å². The van der Waals surface area contributed by atoms with Crippen LogP contribution < -0.4 is 0 Å². The van der Waals surface area contributed by atoms with E-state index in [9.17, 15) is 18.0 Å². The van der Waals surface area contributed by atoms with Crippen molar-refractivity contribution >= 4 is 32.7 Å². The zero-order valence-electron chi connectivity index (χ0n) is 15.2. The van der Waals surface area contributed by atoms with E-state index in [0.717, 1.165) is 5.39 Å². The Morgan fingerprint density at radius 1 is 1.26 bits per heavy atom. The summed E-state index contributed by atoms with van der Waals surface area (Å²) in [6, 6.07) is 7.37. The molecular weight excluding hydrogens is 370 g/mol. The smallest absolute Gasteiger partial charge is 0.340 e. The average molecular weight is 391 g/mol. The van der Waals surface area contributed by atoms with Gasteiger partial charge in [0.2, 0.25) is 0 Å². The number of aryl methyl sites for hydroxylation is 1. The zero-order chi connectivity index (χ0) is 19.6. The van der Waals surface area contributed by atoms with E-state index in [1.165, 1.54) is 7.11 Å². The van der Waals surface area contributed by atoms with Crippen molar-refractivity contribution < 1.29 is 27.5 Å². The molecule has 7 nitrogen and oxygen atoms in total. The number of methoxy groups -OCH3 is 1. The molecule has 0 unspecified atom stereocenters. The first-order valence-electron chi connectivity index (χ1n) is 8.63. The Morgan fingerprint density at radius 3 is 2.67 bits per heavy atom. The first-order valence-corrected chi connectivity index (χ1v) is 10.5. The molecule has 0 aliphatic carbocycles. The molecule has 0 N–H and O–H groups in total. The van der Waals surface area contributed by atoms with Crippen molar-refractivity contribution in [2.24, 2.45) is 5.92 Å². The van der Waals surface area contributed by atoms with Crippen LogP contribution in [0.1, 0.15) is 34.5 Å². The molecule has 8 heteroatoms. The van der Waals surface area contributed by atoms with Crippen LogP contribution in [0.5, 0.6) is 0 Å². The topological polar surface area (TPSA) is 99.6 Å². The number of sulfone groups is 1. The molecule has 1 aromatic heterocycles. The fourth-order valence-corrected chi connectivity index (χ4v) is 5.26. The maximum Gasteiger partial charge on any atom is 0.340 e.